The van der Waals surface area contributed by atoms with Crippen molar-refractivity contribution in [3.63, 3.8) is 0 Å². The van der Waals surface area contributed by atoms with E-state index in [9.17, 15) is 13.2 Å². The average molecular weight is 183 g/mol. The first kappa shape index (κ1) is 9.80. The smallest absolute Gasteiger partial charge is 0.364 e. The lowest BCUT2D eigenvalue weighted by atomic mass is 10.0. The molecule has 0 saturated carbocycles. The van der Waals surface area contributed by atoms with Gasteiger partial charge in [-0.15, -0.1) is 0 Å². The van der Waals surface area contributed by atoms with E-state index < -0.39 is 11.8 Å². The number of halogens is 3. The van der Waals surface area contributed by atoms with Crippen molar-refractivity contribution < 1.29 is 17.9 Å². The first-order valence-electron chi connectivity index (χ1n) is 3.93. The Morgan fingerprint density at radius 2 is 2.17 bits per heavy atom. The highest BCUT2D eigenvalue weighted by Gasteiger charge is 2.57. The van der Waals surface area contributed by atoms with Crippen LogP contribution < -0.4 is 5.32 Å². The van der Waals surface area contributed by atoms with Crippen LogP contribution in [-0.4, -0.2) is 31.5 Å². The predicted octanol–water partition coefficient (Wildman–Crippen LogP) is 1.32. The van der Waals surface area contributed by atoms with Crippen LogP contribution >= 0.6 is 0 Å². The van der Waals surface area contributed by atoms with Gasteiger partial charge in [0.25, 0.3) is 0 Å². The fourth-order valence-electron chi connectivity index (χ4n) is 1.39. The van der Waals surface area contributed by atoms with Crippen LogP contribution in [0.15, 0.2) is 0 Å². The Kier molecular flexibility index (Phi) is 2.63. The van der Waals surface area contributed by atoms with Crippen molar-refractivity contribution in [1.29, 1.82) is 0 Å². The second-order valence-corrected chi connectivity index (χ2v) is 2.85. The van der Waals surface area contributed by atoms with E-state index in [1.807, 2.05) is 0 Å². The van der Waals surface area contributed by atoms with E-state index in [0.29, 0.717) is 6.54 Å². The second kappa shape index (κ2) is 3.22. The van der Waals surface area contributed by atoms with Gasteiger partial charge >= 0.3 is 6.18 Å². The molecule has 1 saturated heterocycles. The van der Waals surface area contributed by atoms with Crippen LogP contribution in [0.3, 0.4) is 0 Å². The van der Waals surface area contributed by atoms with Gasteiger partial charge in [0.05, 0.1) is 0 Å². The van der Waals surface area contributed by atoms with Crippen LogP contribution in [0.1, 0.15) is 13.3 Å². The van der Waals surface area contributed by atoms with Gasteiger partial charge in [0.2, 0.25) is 0 Å². The Morgan fingerprint density at radius 1 is 1.50 bits per heavy atom. The van der Waals surface area contributed by atoms with Gasteiger partial charge in [0, 0.05) is 13.2 Å². The summed E-state index contributed by atoms with van der Waals surface area (Å²) in [6, 6.07) is 0. The number of ether oxygens (including phenoxy) is 1. The Bertz CT molecular complexity index is 151. The summed E-state index contributed by atoms with van der Waals surface area (Å²) in [5, 5.41) is 2.66. The molecule has 0 radical (unpaired) electrons. The maximum atomic E-state index is 12.4. The molecular formula is C7H12F3NO. The maximum Gasteiger partial charge on any atom is 0.418 e. The molecule has 2 nitrogen and oxygen atoms in total. The lowest BCUT2D eigenvalue weighted by molar-refractivity contribution is -0.268. The van der Waals surface area contributed by atoms with Crippen LogP contribution in [0.25, 0.3) is 0 Å². The highest BCUT2D eigenvalue weighted by Crippen LogP contribution is 2.37. The molecule has 1 N–H and O–H groups in total. The molecule has 12 heavy (non-hydrogen) atoms. The van der Waals surface area contributed by atoms with Gasteiger partial charge in [-0.3, -0.25) is 0 Å². The third-order valence-electron chi connectivity index (χ3n) is 2.05. The summed E-state index contributed by atoms with van der Waals surface area (Å²) >= 11 is 0. The van der Waals surface area contributed by atoms with Gasteiger partial charge in [-0.2, -0.15) is 13.2 Å². The van der Waals surface area contributed by atoms with Crippen molar-refractivity contribution in [3.8, 4) is 0 Å². The Morgan fingerprint density at radius 3 is 2.50 bits per heavy atom. The van der Waals surface area contributed by atoms with Gasteiger partial charge in [0.1, 0.15) is 0 Å². The van der Waals surface area contributed by atoms with Crippen molar-refractivity contribution in [3.05, 3.63) is 0 Å². The largest absolute Gasteiger partial charge is 0.418 e. The molecular weight excluding hydrogens is 171 g/mol. The minimum Gasteiger partial charge on any atom is -0.364 e. The van der Waals surface area contributed by atoms with E-state index in [0.717, 1.165) is 0 Å². The van der Waals surface area contributed by atoms with Crippen LogP contribution in [0.4, 0.5) is 13.2 Å². The van der Waals surface area contributed by atoms with E-state index in [1.165, 1.54) is 0 Å². The van der Waals surface area contributed by atoms with Crippen molar-refractivity contribution in [2.24, 2.45) is 0 Å². The van der Waals surface area contributed by atoms with E-state index in [1.54, 1.807) is 6.92 Å². The molecule has 0 spiro atoms. The van der Waals surface area contributed by atoms with E-state index >= 15 is 0 Å². The fourth-order valence-corrected chi connectivity index (χ4v) is 1.39. The molecule has 1 rings (SSSR count). The highest BCUT2D eigenvalue weighted by molar-refractivity contribution is 4.96. The molecule has 72 valence electrons. The summed E-state index contributed by atoms with van der Waals surface area (Å²) in [6.45, 7) is 1.93. The zero-order chi connectivity index (χ0) is 9.24. The molecule has 1 aliphatic heterocycles. The van der Waals surface area contributed by atoms with Gasteiger partial charge in [-0.1, -0.05) is 0 Å². The van der Waals surface area contributed by atoms with Crippen molar-refractivity contribution >= 4 is 0 Å². The molecule has 5 heteroatoms. The van der Waals surface area contributed by atoms with Crippen molar-refractivity contribution in [2.75, 3.05) is 19.7 Å². The Hall–Kier alpha value is -0.290. The number of alkyl halides is 3. The predicted molar refractivity (Wildman–Crippen MR) is 37.9 cm³/mol. The van der Waals surface area contributed by atoms with Gasteiger partial charge in [-0.25, -0.2) is 0 Å². The molecule has 0 unspecified atom stereocenters. The number of hydrogen-bond donors (Lipinski definition) is 1. The molecule has 0 aromatic rings. The minimum atomic E-state index is -4.26. The Balaban J connectivity index is 2.72. The van der Waals surface area contributed by atoms with E-state index in [-0.39, 0.29) is 19.6 Å². The quantitative estimate of drug-likeness (QED) is 0.697. The topological polar surface area (TPSA) is 21.3 Å². The van der Waals surface area contributed by atoms with Crippen LogP contribution in [0.5, 0.6) is 0 Å². The first-order valence-corrected chi connectivity index (χ1v) is 3.93. The lowest BCUT2D eigenvalue weighted by Gasteiger charge is -2.30. The van der Waals surface area contributed by atoms with Crippen LogP contribution in [0, 0.1) is 0 Å². The van der Waals surface area contributed by atoms with Gasteiger partial charge < -0.3 is 10.1 Å². The van der Waals surface area contributed by atoms with Crippen molar-refractivity contribution in [2.45, 2.75) is 25.1 Å². The highest BCUT2D eigenvalue weighted by atomic mass is 19.4. The molecule has 0 aliphatic carbocycles. The monoisotopic (exact) mass is 183 g/mol. The zero-order valence-corrected chi connectivity index (χ0v) is 6.87. The number of nitrogens with one attached hydrogen (secondary N) is 1. The molecule has 0 aromatic heterocycles. The van der Waals surface area contributed by atoms with E-state index in [4.69, 9.17) is 4.74 Å². The zero-order valence-electron chi connectivity index (χ0n) is 6.87. The molecule has 1 heterocycles. The lowest BCUT2D eigenvalue weighted by Crippen LogP contribution is -2.49. The fraction of sp³-hybridized carbons (Fsp3) is 1.00. The normalized spacial score (nSPS) is 31.0. The SMILES string of the molecule is CCO[C@]1(C(F)(F)F)CCNC1. The summed E-state index contributed by atoms with van der Waals surface area (Å²) in [4.78, 5) is 0. The summed E-state index contributed by atoms with van der Waals surface area (Å²) in [7, 11) is 0. The summed E-state index contributed by atoms with van der Waals surface area (Å²) in [5.74, 6) is 0. The summed E-state index contributed by atoms with van der Waals surface area (Å²) < 4.78 is 42.1. The summed E-state index contributed by atoms with van der Waals surface area (Å²) in [6.07, 6.45) is -4.24. The third kappa shape index (κ3) is 1.56. The van der Waals surface area contributed by atoms with Gasteiger partial charge in [-0.05, 0) is 19.9 Å². The van der Waals surface area contributed by atoms with E-state index in [2.05, 4.69) is 5.32 Å². The molecule has 1 fully saturated rings. The third-order valence-corrected chi connectivity index (χ3v) is 2.05. The molecule has 0 aromatic carbocycles. The first-order chi connectivity index (χ1) is 5.52. The number of hydrogen-bond acceptors (Lipinski definition) is 2. The number of rotatable bonds is 2. The molecule has 0 amide bonds. The average Bonchev–Trinajstić information content (AvgIpc) is 2.36. The Labute approximate surface area is 69.1 Å². The second-order valence-electron chi connectivity index (χ2n) is 2.85. The maximum absolute atomic E-state index is 12.4. The van der Waals surface area contributed by atoms with Crippen LogP contribution in [-0.2, 0) is 4.74 Å². The van der Waals surface area contributed by atoms with Crippen molar-refractivity contribution in [1.82, 2.24) is 5.32 Å². The van der Waals surface area contributed by atoms with Crippen LogP contribution in [0.2, 0.25) is 0 Å². The molecule has 1 atom stereocenters. The molecule has 1 aliphatic rings. The standard InChI is InChI=1S/C7H12F3NO/c1-2-12-6(7(8,9)10)3-4-11-5-6/h11H,2-5H2,1H3/t6-/m1/s1. The summed E-state index contributed by atoms with van der Waals surface area (Å²) in [5.41, 5.74) is -1.93. The van der Waals surface area contributed by atoms with Gasteiger partial charge in [0.15, 0.2) is 5.60 Å². The molecule has 0 bridgehead atoms. The minimum absolute atomic E-state index is 0.0182.